The van der Waals surface area contributed by atoms with E-state index in [0.717, 1.165) is 43.6 Å². The number of amides is 1. The molecule has 1 aliphatic rings. The topological polar surface area (TPSA) is 32.8 Å². The lowest BCUT2D eigenvalue weighted by Gasteiger charge is -2.35. The van der Waals surface area contributed by atoms with Gasteiger partial charge in [0, 0.05) is 37.2 Å². The van der Waals surface area contributed by atoms with Crippen LogP contribution in [0.5, 0.6) is 0 Å². The van der Waals surface area contributed by atoms with Crippen LogP contribution >= 0.6 is 15.9 Å². The van der Waals surface area contributed by atoms with Crippen LogP contribution in [0, 0.1) is 0 Å². The molecule has 1 aromatic carbocycles. The highest BCUT2D eigenvalue weighted by molar-refractivity contribution is 9.10. The van der Waals surface area contributed by atoms with E-state index in [2.05, 4.69) is 39.0 Å². The van der Waals surface area contributed by atoms with E-state index in [1.807, 2.05) is 26.8 Å². The van der Waals surface area contributed by atoms with Crippen LogP contribution in [-0.4, -0.2) is 54.2 Å². The number of hydrogen-bond donors (Lipinski definition) is 0. The van der Waals surface area contributed by atoms with Crippen molar-refractivity contribution >= 4 is 22.0 Å². The molecule has 122 valence electrons. The Morgan fingerprint density at radius 2 is 1.91 bits per heavy atom. The van der Waals surface area contributed by atoms with Crippen LogP contribution in [-0.2, 0) is 11.2 Å². The third-order valence-corrected chi connectivity index (χ3v) is 4.12. The van der Waals surface area contributed by atoms with Gasteiger partial charge in [-0.15, -0.1) is 0 Å². The summed E-state index contributed by atoms with van der Waals surface area (Å²) in [6.45, 7) is 10.0. The molecule has 0 aromatic heterocycles. The Labute approximate surface area is 141 Å². The molecular formula is C17H25BrN2O2. The monoisotopic (exact) mass is 368 g/mol. The van der Waals surface area contributed by atoms with Gasteiger partial charge in [-0.2, -0.15) is 0 Å². The molecule has 0 aliphatic carbocycles. The molecule has 22 heavy (non-hydrogen) atoms. The number of carbonyl (C=O) groups is 1. The minimum Gasteiger partial charge on any atom is -0.444 e. The molecule has 1 fully saturated rings. The molecule has 0 bridgehead atoms. The largest absolute Gasteiger partial charge is 0.444 e. The smallest absolute Gasteiger partial charge is 0.410 e. The highest BCUT2D eigenvalue weighted by Crippen LogP contribution is 2.14. The summed E-state index contributed by atoms with van der Waals surface area (Å²) in [5.41, 5.74) is 0.915. The maximum Gasteiger partial charge on any atom is 0.410 e. The van der Waals surface area contributed by atoms with Gasteiger partial charge >= 0.3 is 6.09 Å². The molecule has 0 spiro atoms. The predicted molar refractivity (Wildman–Crippen MR) is 92.1 cm³/mol. The highest BCUT2D eigenvalue weighted by atomic mass is 79.9. The van der Waals surface area contributed by atoms with Gasteiger partial charge in [0.1, 0.15) is 5.60 Å². The minimum atomic E-state index is -0.422. The van der Waals surface area contributed by atoms with Gasteiger partial charge in [0.25, 0.3) is 0 Å². The van der Waals surface area contributed by atoms with Crippen molar-refractivity contribution < 1.29 is 9.53 Å². The van der Waals surface area contributed by atoms with E-state index in [4.69, 9.17) is 4.74 Å². The number of halogens is 1. The van der Waals surface area contributed by atoms with Gasteiger partial charge in [-0.1, -0.05) is 28.1 Å². The number of carbonyl (C=O) groups excluding carboxylic acids is 1. The van der Waals surface area contributed by atoms with Gasteiger partial charge < -0.3 is 9.64 Å². The summed E-state index contributed by atoms with van der Waals surface area (Å²) in [6.07, 6.45) is 0.838. The fourth-order valence-electron chi connectivity index (χ4n) is 2.46. The van der Waals surface area contributed by atoms with Gasteiger partial charge in [-0.25, -0.2) is 4.79 Å². The SMILES string of the molecule is CC(C)(C)OC(=O)N1CCN(CCc2cccc(Br)c2)CC1. The molecule has 1 aromatic rings. The zero-order valence-corrected chi connectivity index (χ0v) is 15.2. The van der Waals surface area contributed by atoms with Crippen LogP contribution in [0.2, 0.25) is 0 Å². The first-order valence-corrected chi connectivity index (χ1v) is 8.57. The Balaban J connectivity index is 1.74. The van der Waals surface area contributed by atoms with Crippen molar-refractivity contribution in [2.45, 2.75) is 32.8 Å². The third kappa shape index (κ3) is 5.61. The molecule has 1 saturated heterocycles. The summed E-state index contributed by atoms with van der Waals surface area (Å²) in [5.74, 6) is 0. The summed E-state index contributed by atoms with van der Waals surface area (Å²) in [4.78, 5) is 16.2. The molecule has 1 aliphatic heterocycles. The molecule has 0 saturated carbocycles. The quantitative estimate of drug-likeness (QED) is 0.817. The van der Waals surface area contributed by atoms with Gasteiger partial charge in [-0.3, -0.25) is 4.90 Å². The Bertz CT molecular complexity index is 506. The standard InChI is InChI=1S/C17H25BrN2O2/c1-17(2,3)22-16(21)20-11-9-19(10-12-20)8-7-14-5-4-6-15(18)13-14/h4-6,13H,7-12H2,1-3H3. The molecular weight excluding hydrogens is 344 g/mol. The van der Waals surface area contributed by atoms with Gasteiger partial charge in [0.15, 0.2) is 0 Å². The van der Waals surface area contributed by atoms with E-state index < -0.39 is 5.60 Å². The van der Waals surface area contributed by atoms with E-state index in [1.165, 1.54) is 5.56 Å². The molecule has 0 radical (unpaired) electrons. The zero-order chi connectivity index (χ0) is 16.2. The van der Waals surface area contributed by atoms with Gasteiger partial charge in [0.05, 0.1) is 0 Å². The first kappa shape index (κ1) is 17.3. The van der Waals surface area contributed by atoms with Gasteiger partial charge in [-0.05, 0) is 44.9 Å². The van der Waals surface area contributed by atoms with Crippen LogP contribution in [0.1, 0.15) is 26.3 Å². The van der Waals surface area contributed by atoms with E-state index in [-0.39, 0.29) is 6.09 Å². The van der Waals surface area contributed by atoms with Crippen LogP contribution in [0.4, 0.5) is 4.79 Å². The third-order valence-electron chi connectivity index (χ3n) is 3.63. The lowest BCUT2D eigenvalue weighted by Crippen LogP contribution is -2.50. The average molecular weight is 369 g/mol. The minimum absolute atomic E-state index is 0.195. The van der Waals surface area contributed by atoms with Crippen molar-refractivity contribution in [2.75, 3.05) is 32.7 Å². The van der Waals surface area contributed by atoms with Crippen molar-refractivity contribution in [3.05, 3.63) is 34.3 Å². The second kappa shape index (κ2) is 7.47. The predicted octanol–water partition coefficient (Wildman–Crippen LogP) is 3.54. The summed E-state index contributed by atoms with van der Waals surface area (Å²) in [6, 6.07) is 8.43. The molecule has 5 heteroatoms. The summed E-state index contributed by atoms with van der Waals surface area (Å²) < 4.78 is 6.54. The second-order valence-electron chi connectivity index (χ2n) is 6.69. The Hall–Kier alpha value is -1.07. The van der Waals surface area contributed by atoms with Gasteiger partial charge in [0.2, 0.25) is 0 Å². The lowest BCUT2D eigenvalue weighted by atomic mass is 10.1. The van der Waals surface area contributed by atoms with Crippen molar-refractivity contribution in [3.8, 4) is 0 Å². The van der Waals surface area contributed by atoms with Crippen molar-refractivity contribution in [1.29, 1.82) is 0 Å². The Morgan fingerprint density at radius 1 is 1.23 bits per heavy atom. The van der Waals surface area contributed by atoms with E-state index in [1.54, 1.807) is 4.90 Å². The molecule has 4 nitrogen and oxygen atoms in total. The number of benzene rings is 1. The van der Waals surface area contributed by atoms with Crippen LogP contribution in [0.3, 0.4) is 0 Å². The number of rotatable bonds is 3. The van der Waals surface area contributed by atoms with E-state index in [9.17, 15) is 4.79 Å². The first-order valence-electron chi connectivity index (χ1n) is 7.78. The highest BCUT2D eigenvalue weighted by Gasteiger charge is 2.25. The molecule has 0 N–H and O–H groups in total. The molecule has 1 heterocycles. The normalized spacial score (nSPS) is 16.6. The summed E-state index contributed by atoms with van der Waals surface area (Å²) in [7, 11) is 0. The maximum atomic E-state index is 12.0. The van der Waals surface area contributed by atoms with Crippen LogP contribution < -0.4 is 0 Å². The molecule has 1 amide bonds. The van der Waals surface area contributed by atoms with Crippen molar-refractivity contribution in [3.63, 3.8) is 0 Å². The maximum absolute atomic E-state index is 12.0. The Morgan fingerprint density at radius 3 is 2.50 bits per heavy atom. The molecule has 2 rings (SSSR count). The fourth-order valence-corrected chi connectivity index (χ4v) is 2.91. The second-order valence-corrected chi connectivity index (χ2v) is 7.60. The zero-order valence-electron chi connectivity index (χ0n) is 13.6. The van der Waals surface area contributed by atoms with Crippen molar-refractivity contribution in [2.24, 2.45) is 0 Å². The number of ether oxygens (including phenoxy) is 1. The lowest BCUT2D eigenvalue weighted by molar-refractivity contribution is 0.0146. The number of piperazine rings is 1. The summed E-state index contributed by atoms with van der Waals surface area (Å²) in [5, 5.41) is 0. The molecule has 0 atom stereocenters. The van der Waals surface area contributed by atoms with Crippen LogP contribution in [0.25, 0.3) is 0 Å². The first-order chi connectivity index (χ1) is 10.3. The fraction of sp³-hybridized carbons (Fsp3) is 0.588. The van der Waals surface area contributed by atoms with E-state index in [0.29, 0.717) is 0 Å². The van der Waals surface area contributed by atoms with E-state index >= 15 is 0 Å². The average Bonchev–Trinajstić information content (AvgIpc) is 2.44. The van der Waals surface area contributed by atoms with Crippen molar-refractivity contribution in [1.82, 2.24) is 9.80 Å². The summed E-state index contributed by atoms with van der Waals surface area (Å²) >= 11 is 3.50. The number of nitrogens with zero attached hydrogens (tertiary/aromatic N) is 2. The Kier molecular flexibility index (Phi) is 5.87. The molecule has 0 unspecified atom stereocenters. The number of hydrogen-bond acceptors (Lipinski definition) is 3. The van der Waals surface area contributed by atoms with Crippen LogP contribution in [0.15, 0.2) is 28.7 Å².